The van der Waals surface area contributed by atoms with Gasteiger partial charge in [-0.1, -0.05) is 73.5 Å². The van der Waals surface area contributed by atoms with E-state index in [-0.39, 0.29) is 18.3 Å². The minimum Gasteiger partial charge on any atom is -0.348 e. The molecule has 2 aromatic carbocycles. The highest BCUT2D eigenvalue weighted by Crippen LogP contribution is 2.24. The number of halogens is 1. The molecule has 0 fully saturated rings. The van der Waals surface area contributed by atoms with Crippen LogP contribution in [0.1, 0.15) is 67.5 Å². The predicted octanol–water partition coefficient (Wildman–Crippen LogP) is 6.43. The second kappa shape index (κ2) is 18.6. The normalized spacial score (nSPS) is 14.0. The van der Waals surface area contributed by atoms with E-state index in [0.717, 1.165) is 56.6 Å². The van der Waals surface area contributed by atoms with Crippen LogP contribution in [-0.4, -0.2) is 48.0 Å². The Labute approximate surface area is 236 Å². The number of aromatic nitrogens is 2. The van der Waals surface area contributed by atoms with Gasteiger partial charge in [0.05, 0.1) is 12.0 Å². The average molecular weight is 539 g/mol. The monoisotopic (exact) mass is 538 g/mol. The van der Waals surface area contributed by atoms with E-state index < -0.39 is 0 Å². The van der Waals surface area contributed by atoms with E-state index in [1.54, 1.807) is 6.33 Å². The van der Waals surface area contributed by atoms with Crippen molar-refractivity contribution in [1.82, 2.24) is 20.2 Å². The summed E-state index contributed by atoms with van der Waals surface area (Å²) in [5, 5.41) is 3.17. The van der Waals surface area contributed by atoms with Gasteiger partial charge < -0.3 is 15.2 Å². The quantitative estimate of drug-likeness (QED) is 0.247. The van der Waals surface area contributed by atoms with Crippen molar-refractivity contribution >= 4 is 18.3 Å². The van der Waals surface area contributed by atoms with Gasteiger partial charge in [-0.15, -0.1) is 12.4 Å². The van der Waals surface area contributed by atoms with Crippen LogP contribution < -0.4 is 5.32 Å². The maximum Gasteiger partial charge on any atom is 0.225 e. The maximum absolute atomic E-state index is 12.6. The van der Waals surface area contributed by atoms with Crippen LogP contribution in [0.2, 0.25) is 0 Å². The summed E-state index contributed by atoms with van der Waals surface area (Å²) in [7, 11) is 3.96. The van der Waals surface area contributed by atoms with Crippen LogP contribution in [-0.2, 0) is 30.5 Å². The molecule has 2 N–H and O–H groups in total. The molecular weight excluding hydrogens is 492 g/mol. The number of nitrogens with one attached hydrogen (secondary N) is 2. The van der Waals surface area contributed by atoms with Crippen LogP contribution in [0.3, 0.4) is 0 Å². The van der Waals surface area contributed by atoms with E-state index in [1.807, 2.05) is 19.0 Å². The topological polar surface area (TPSA) is 61.0 Å². The number of hydrogen-bond donors (Lipinski definition) is 2. The number of nitrogens with zero attached hydrogens (tertiary/aromatic N) is 2. The second-order valence-electron chi connectivity index (χ2n) is 10.2. The molecule has 0 bridgehead atoms. The van der Waals surface area contributed by atoms with Crippen LogP contribution in [0.5, 0.6) is 0 Å². The molecule has 1 unspecified atom stereocenters. The Morgan fingerprint density at radius 2 is 1.53 bits per heavy atom. The molecule has 208 valence electrons. The van der Waals surface area contributed by atoms with Crippen molar-refractivity contribution in [3.63, 3.8) is 0 Å². The van der Waals surface area contributed by atoms with Crippen molar-refractivity contribution in [3.8, 4) is 0 Å². The van der Waals surface area contributed by atoms with Crippen LogP contribution in [0.4, 0.5) is 0 Å². The van der Waals surface area contributed by atoms with E-state index in [1.165, 1.54) is 49.7 Å². The number of benzene rings is 2. The Morgan fingerprint density at radius 3 is 2.13 bits per heavy atom. The molecule has 0 aliphatic heterocycles. The number of carbonyl (C=O) groups is 1. The van der Waals surface area contributed by atoms with Gasteiger partial charge in [-0.3, -0.25) is 4.79 Å². The van der Waals surface area contributed by atoms with Crippen LogP contribution in [0.15, 0.2) is 67.0 Å². The van der Waals surface area contributed by atoms with Gasteiger partial charge in [-0.25, -0.2) is 4.98 Å². The third kappa shape index (κ3) is 11.4. The zero-order valence-electron chi connectivity index (χ0n) is 23.3. The Kier molecular flexibility index (Phi) is 15.5. The summed E-state index contributed by atoms with van der Waals surface area (Å²) in [6.07, 6.45) is 14.1. The number of amides is 1. The molecule has 6 heteroatoms. The molecule has 1 amide bonds. The molecule has 3 aromatic rings. The zero-order valence-corrected chi connectivity index (χ0v) is 24.1. The van der Waals surface area contributed by atoms with Crippen molar-refractivity contribution in [2.45, 2.75) is 70.6 Å². The number of aryl methyl sites for hydroxylation is 3. The van der Waals surface area contributed by atoms with Gasteiger partial charge >= 0.3 is 0 Å². The van der Waals surface area contributed by atoms with Gasteiger partial charge in [0.2, 0.25) is 5.91 Å². The summed E-state index contributed by atoms with van der Waals surface area (Å²) >= 11 is 0. The van der Waals surface area contributed by atoms with Crippen molar-refractivity contribution in [2.75, 3.05) is 27.2 Å². The summed E-state index contributed by atoms with van der Waals surface area (Å²) in [6.45, 7) is 2.01. The first-order chi connectivity index (χ1) is 18.2. The van der Waals surface area contributed by atoms with Gasteiger partial charge in [0.1, 0.15) is 0 Å². The van der Waals surface area contributed by atoms with Crippen LogP contribution >= 0.6 is 12.4 Å². The maximum atomic E-state index is 12.6. The first kappa shape index (κ1) is 31.6. The van der Waals surface area contributed by atoms with Gasteiger partial charge in [-0.2, -0.15) is 0 Å². The van der Waals surface area contributed by atoms with Gasteiger partial charge in [-0.05, 0) is 76.1 Å². The molecule has 0 saturated heterocycles. The third-order valence-corrected chi connectivity index (χ3v) is 7.25. The number of carbonyl (C=O) groups excluding carboxylic acids is 1. The fraction of sp³-hybridized carbons (Fsp3) is 0.500. The molecule has 1 aliphatic rings. The van der Waals surface area contributed by atoms with Crippen molar-refractivity contribution in [1.29, 1.82) is 0 Å². The van der Waals surface area contributed by atoms with Crippen LogP contribution in [0, 0.1) is 5.92 Å². The number of hydrogen-bond acceptors (Lipinski definition) is 3. The Balaban J connectivity index is 0.000000309. The lowest BCUT2D eigenvalue weighted by atomic mass is 9.89. The van der Waals surface area contributed by atoms with E-state index in [2.05, 4.69) is 75.9 Å². The average Bonchev–Trinajstić information content (AvgIpc) is 3.42. The van der Waals surface area contributed by atoms with E-state index in [9.17, 15) is 4.79 Å². The number of aromatic amines is 1. The number of fused-ring (bicyclic) bond motifs is 1. The molecule has 5 nitrogen and oxygen atoms in total. The number of unbranched alkanes of at least 4 members (excludes halogenated alkanes) is 4. The molecule has 1 heterocycles. The Morgan fingerprint density at radius 1 is 0.921 bits per heavy atom. The minimum atomic E-state index is 0. The lowest BCUT2D eigenvalue weighted by Crippen LogP contribution is -2.36. The first-order valence-corrected chi connectivity index (χ1v) is 14.2. The second-order valence-corrected chi connectivity index (χ2v) is 10.2. The van der Waals surface area contributed by atoms with Crippen molar-refractivity contribution < 1.29 is 4.79 Å². The SMILES string of the molecule is CN(CCCCCc1ccccc1)C(=O)C1CCc2nc[nH]c2C1.CNCCCCCc1ccccc1.Cl. The highest BCUT2D eigenvalue weighted by atomic mass is 35.5. The minimum absolute atomic E-state index is 0. The zero-order chi connectivity index (χ0) is 26.1. The largest absolute Gasteiger partial charge is 0.348 e. The summed E-state index contributed by atoms with van der Waals surface area (Å²) in [4.78, 5) is 22.0. The fourth-order valence-corrected chi connectivity index (χ4v) is 4.99. The lowest BCUT2D eigenvalue weighted by molar-refractivity contribution is -0.134. The molecule has 1 aromatic heterocycles. The number of rotatable bonds is 13. The van der Waals surface area contributed by atoms with E-state index >= 15 is 0 Å². The molecule has 38 heavy (non-hydrogen) atoms. The summed E-state index contributed by atoms with van der Waals surface area (Å²) in [5.41, 5.74) is 5.16. The summed E-state index contributed by atoms with van der Waals surface area (Å²) < 4.78 is 0. The van der Waals surface area contributed by atoms with Crippen molar-refractivity contribution in [2.24, 2.45) is 5.92 Å². The Hall–Kier alpha value is -2.63. The first-order valence-electron chi connectivity index (χ1n) is 14.2. The predicted molar refractivity (Wildman–Crippen MR) is 161 cm³/mol. The molecule has 4 rings (SSSR count). The molecule has 0 saturated carbocycles. The van der Waals surface area contributed by atoms with E-state index in [0.29, 0.717) is 5.91 Å². The summed E-state index contributed by atoms with van der Waals surface area (Å²) in [6, 6.07) is 21.3. The molecule has 0 radical (unpaired) electrons. The van der Waals surface area contributed by atoms with Gasteiger partial charge in [0.15, 0.2) is 0 Å². The lowest BCUT2D eigenvalue weighted by Gasteiger charge is -2.26. The van der Waals surface area contributed by atoms with Crippen LogP contribution in [0.25, 0.3) is 0 Å². The fourth-order valence-electron chi connectivity index (χ4n) is 4.99. The Bertz CT molecular complexity index is 1010. The molecule has 1 atom stereocenters. The number of H-pyrrole nitrogens is 1. The number of imidazole rings is 1. The van der Waals surface area contributed by atoms with Gasteiger partial charge in [0, 0.05) is 31.6 Å². The molecule has 0 spiro atoms. The molecular formula is C32H47ClN4O. The smallest absolute Gasteiger partial charge is 0.225 e. The standard InChI is InChI=1S/C20H27N3O.C12H19N.ClH/c1-23(13-7-3-6-10-16-8-4-2-5-9-16)20(24)17-11-12-18-19(14-17)22-15-21-18;1-13-11-7-3-6-10-12-8-4-2-5-9-12;/h2,4-5,8-9,15,17H,3,6-7,10-14H2,1H3,(H,21,22);2,4-5,8-9,13H,3,6-7,10-11H2,1H3;1H. The van der Waals surface area contributed by atoms with Gasteiger partial charge in [0.25, 0.3) is 0 Å². The van der Waals surface area contributed by atoms with Crippen molar-refractivity contribution in [3.05, 3.63) is 89.5 Å². The highest BCUT2D eigenvalue weighted by Gasteiger charge is 2.27. The highest BCUT2D eigenvalue weighted by molar-refractivity contribution is 5.85. The third-order valence-electron chi connectivity index (χ3n) is 7.25. The summed E-state index contributed by atoms with van der Waals surface area (Å²) in [5.74, 6) is 0.408. The molecule has 1 aliphatic carbocycles. The van der Waals surface area contributed by atoms with E-state index in [4.69, 9.17) is 0 Å².